The number of aryl methyl sites for hydroxylation is 1. The molecule has 3 aromatic carbocycles. The molecule has 0 saturated carbocycles. The maximum absolute atomic E-state index is 12.9. The number of nitrogen functional groups attached to an aromatic ring is 1. The van der Waals surface area contributed by atoms with Crippen molar-refractivity contribution in [2.75, 3.05) is 21.7 Å². The Hall–Kier alpha value is -5.24. The largest absolute Gasteiger partial charge is 0.398 e. The monoisotopic (exact) mass is 501 g/mol. The lowest BCUT2D eigenvalue weighted by Gasteiger charge is -2.11. The number of hydrogen-bond donors (Lipinski definition) is 4. The van der Waals surface area contributed by atoms with Crippen LogP contribution in [0.3, 0.4) is 0 Å². The zero-order valence-electron chi connectivity index (χ0n) is 20.8. The Bertz CT molecular complexity index is 1550. The molecule has 0 radical (unpaired) electrons. The van der Waals surface area contributed by atoms with E-state index in [1.54, 1.807) is 18.6 Å². The quantitative estimate of drug-likeness (QED) is 0.192. The smallest absolute Gasteiger partial charge is 0.255 e. The molecule has 8 heteroatoms. The Morgan fingerprint density at radius 1 is 0.868 bits per heavy atom. The molecule has 0 fully saturated rings. The summed E-state index contributed by atoms with van der Waals surface area (Å²) in [6, 6.07) is 26.5. The highest BCUT2D eigenvalue weighted by Crippen LogP contribution is 2.22. The van der Waals surface area contributed by atoms with Crippen LogP contribution in [0.4, 0.5) is 28.7 Å². The molecule has 8 nitrogen and oxygen atoms in total. The van der Waals surface area contributed by atoms with Gasteiger partial charge in [-0.2, -0.15) is 0 Å². The van der Waals surface area contributed by atoms with E-state index in [1.165, 1.54) is 0 Å². The molecule has 0 aliphatic carbocycles. The van der Waals surface area contributed by atoms with Crippen molar-refractivity contribution in [2.24, 2.45) is 0 Å². The molecule has 2 heterocycles. The fraction of sp³-hybridized carbons (Fsp3) is 0.0667. The summed E-state index contributed by atoms with van der Waals surface area (Å²) < 4.78 is 0. The van der Waals surface area contributed by atoms with Crippen molar-refractivity contribution in [3.05, 3.63) is 120 Å². The van der Waals surface area contributed by atoms with Crippen LogP contribution >= 0.6 is 0 Å². The first-order chi connectivity index (χ1) is 18.5. The van der Waals surface area contributed by atoms with Crippen molar-refractivity contribution in [1.82, 2.24) is 15.0 Å². The van der Waals surface area contributed by atoms with E-state index in [9.17, 15) is 4.79 Å². The van der Waals surface area contributed by atoms with Gasteiger partial charge in [-0.1, -0.05) is 24.3 Å². The van der Waals surface area contributed by atoms with Gasteiger partial charge >= 0.3 is 0 Å². The topological polar surface area (TPSA) is 118 Å². The molecule has 0 aliphatic heterocycles. The van der Waals surface area contributed by atoms with Gasteiger partial charge in [0.25, 0.3) is 5.91 Å². The molecule has 0 aliphatic rings. The van der Waals surface area contributed by atoms with E-state index in [2.05, 4.69) is 30.9 Å². The third kappa shape index (κ3) is 6.11. The maximum atomic E-state index is 12.9. The number of rotatable bonds is 8. The second-order valence-corrected chi connectivity index (χ2v) is 8.79. The van der Waals surface area contributed by atoms with Crippen molar-refractivity contribution in [1.29, 1.82) is 0 Å². The Morgan fingerprint density at radius 2 is 1.71 bits per heavy atom. The summed E-state index contributed by atoms with van der Waals surface area (Å²) in [6.45, 7) is 2.61. The molecular weight excluding hydrogens is 474 g/mol. The number of anilines is 5. The number of aromatic nitrogens is 3. The number of nitrogens with zero attached hydrogens (tertiary/aromatic N) is 3. The summed E-state index contributed by atoms with van der Waals surface area (Å²) >= 11 is 0. The van der Waals surface area contributed by atoms with Crippen LogP contribution in [0.5, 0.6) is 0 Å². The van der Waals surface area contributed by atoms with Crippen LogP contribution in [0, 0.1) is 6.92 Å². The number of nitrogens with two attached hydrogens (primary N) is 1. The molecule has 0 spiro atoms. The molecule has 0 unspecified atom stereocenters. The van der Waals surface area contributed by atoms with E-state index in [0.717, 1.165) is 39.4 Å². The number of hydrogen-bond acceptors (Lipinski definition) is 7. The highest BCUT2D eigenvalue weighted by atomic mass is 16.1. The average Bonchev–Trinajstić information content (AvgIpc) is 2.95. The lowest BCUT2D eigenvalue weighted by Crippen LogP contribution is -2.12. The predicted octanol–water partition coefficient (Wildman–Crippen LogP) is 6.04. The first-order valence-electron chi connectivity index (χ1n) is 12.1. The second kappa shape index (κ2) is 11.2. The van der Waals surface area contributed by atoms with E-state index in [4.69, 9.17) is 5.73 Å². The molecule has 5 N–H and O–H groups in total. The fourth-order valence-electron chi connectivity index (χ4n) is 3.83. The second-order valence-electron chi connectivity index (χ2n) is 8.79. The molecule has 0 bridgehead atoms. The third-order valence-electron chi connectivity index (χ3n) is 5.98. The molecular formula is C30H27N7O. The highest BCUT2D eigenvalue weighted by Gasteiger charge is 2.08. The normalized spacial score (nSPS) is 10.6. The fourth-order valence-corrected chi connectivity index (χ4v) is 3.83. The van der Waals surface area contributed by atoms with Crippen molar-refractivity contribution in [3.8, 4) is 11.3 Å². The van der Waals surface area contributed by atoms with Gasteiger partial charge in [0, 0.05) is 59.0 Å². The average molecular weight is 502 g/mol. The van der Waals surface area contributed by atoms with Gasteiger partial charge in [-0.05, 0) is 78.7 Å². The Labute approximate surface area is 221 Å². The standard InChI is InChI=1S/C30H27N7O/c1-20-7-12-24(17-27(20)31)34-18-21-8-10-22(11-9-21)29(38)35-25-5-2-6-26(16-25)36-30-33-15-13-28(37-30)23-4-3-14-32-19-23/h2-17,19,34H,18,31H2,1H3,(H,35,38)(H,33,36,37). The van der Waals surface area contributed by atoms with Gasteiger partial charge in [0.05, 0.1) is 5.69 Å². The maximum Gasteiger partial charge on any atom is 0.255 e. The lowest BCUT2D eigenvalue weighted by molar-refractivity contribution is 0.102. The minimum atomic E-state index is -0.192. The van der Waals surface area contributed by atoms with Crippen LogP contribution in [-0.2, 0) is 6.54 Å². The zero-order chi connectivity index (χ0) is 26.3. The van der Waals surface area contributed by atoms with E-state index in [0.29, 0.717) is 23.7 Å². The number of carbonyl (C=O) groups is 1. The third-order valence-corrected chi connectivity index (χ3v) is 5.98. The summed E-state index contributed by atoms with van der Waals surface area (Å²) in [5.41, 5.74) is 13.5. The Balaban J connectivity index is 1.20. The van der Waals surface area contributed by atoms with Gasteiger partial charge in [-0.3, -0.25) is 9.78 Å². The van der Waals surface area contributed by atoms with E-state index in [-0.39, 0.29) is 5.91 Å². The van der Waals surface area contributed by atoms with Crippen molar-refractivity contribution in [2.45, 2.75) is 13.5 Å². The first-order valence-corrected chi connectivity index (χ1v) is 12.1. The van der Waals surface area contributed by atoms with Gasteiger partial charge < -0.3 is 21.7 Å². The Morgan fingerprint density at radius 3 is 2.50 bits per heavy atom. The molecule has 2 aromatic heterocycles. The van der Waals surface area contributed by atoms with Crippen molar-refractivity contribution in [3.63, 3.8) is 0 Å². The lowest BCUT2D eigenvalue weighted by atomic mass is 10.1. The summed E-state index contributed by atoms with van der Waals surface area (Å²) in [6.07, 6.45) is 5.17. The van der Waals surface area contributed by atoms with Gasteiger partial charge in [0.15, 0.2) is 0 Å². The first kappa shape index (κ1) is 24.5. The molecule has 0 atom stereocenters. The van der Waals surface area contributed by atoms with Gasteiger partial charge in [0.2, 0.25) is 5.95 Å². The Kier molecular flexibility index (Phi) is 7.22. The van der Waals surface area contributed by atoms with Gasteiger partial charge in [0.1, 0.15) is 0 Å². The minimum absolute atomic E-state index is 0.192. The molecule has 5 aromatic rings. The zero-order valence-corrected chi connectivity index (χ0v) is 20.8. The predicted molar refractivity (Wildman–Crippen MR) is 152 cm³/mol. The van der Waals surface area contributed by atoms with Crippen molar-refractivity contribution < 1.29 is 4.79 Å². The summed E-state index contributed by atoms with van der Waals surface area (Å²) in [5.74, 6) is 0.259. The number of amides is 1. The summed E-state index contributed by atoms with van der Waals surface area (Å²) in [7, 11) is 0. The van der Waals surface area contributed by atoms with Crippen LogP contribution in [0.25, 0.3) is 11.3 Å². The number of carbonyl (C=O) groups excluding carboxylic acids is 1. The number of benzene rings is 3. The van der Waals surface area contributed by atoms with Crippen LogP contribution in [0.1, 0.15) is 21.5 Å². The number of pyridine rings is 1. The molecule has 0 saturated heterocycles. The SMILES string of the molecule is Cc1ccc(NCc2ccc(C(=O)Nc3cccc(Nc4nccc(-c5cccnc5)n4)c3)cc2)cc1N. The highest BCUT2D eigenvalue weighted by molar-refractivity contribution is 6.04. The van der Waals surface area contributed by atoms with Gasteiger partial charge in [-0.25, -0.2) is 9.97 Å². The molecule has 5 rings (SSSR count). The minimum Gasteiger partial charge on any atom is -0.398 e. The van der Waals surface area contributed by atoms with Crippen LogP contribution in [0.2, 0.25) is 0 Å². The van der Waals surface area contributed by atoms with E-state index < -0.39 is 0 Å². The van der Waals surface area contributed by atoms with Crippen molar-refractivity contribution >= 4 is 34.6 Å². The molecule has 38 heavy (non-hydrogen) atoms. The summed E-state index contributed by atoms with van der Waals surface area (Å²) in [5, 5.41) is 9.51. The van der Waals surface area contributed by atoms with Crippen LogP contribution < -0.4 is 21.7 Å². The summed E-state index contributed by atoms with van der Waals surface area (Å²) in [4.78, 5) is 25.9. The molecule has 188 valence electrons. The van der Waals surface area contributed by atoms with E-state index >= 15 is 0 Å². The number of nitrogens with one attached hydrogen (secondary N) is 3. The van der Waals surface area contributed by atoms with Crippen LogP contribution in [-0.4, -0.2) is 20.9 Å². The molecule has 1 amide bonds. The van der Waals surface area contributed by atoms with Crippen LogP contribution in [0.15, 0.2) is 104 Å². The van der Waals surface area contributed by atoms with Gasteiger partial charge in [-0.15, -0.1) is 0 Å². The van der Waals surface area contributed by atoms with E-state index in [1.807, 2.05) is 91.9 Å².